The number of methoxy groups -OCH3 is 1. The summed E-state index contributed by atoms with van der Waals surface area (Å²) < 4.78 is 23.3. The normalized spacial score (nSPS) is 11.4. The Hall–Kier alpha value is -3.02. The summed E-state index contributed by atoms with van der Waals surface area (Å²) in [5.41, 5.74) is 1.81. The molecule has 0 bridgehead atoms. The number of carbonyl (C=O) groups excluding carboxylic acids is 1. The van der Waals surface area contributed by atoms with Gasteiger partial charge in [-0.15, -0.1) is 0 Å². The van der Waals surface area contributed by atoms with Gasteiger partial charge in [0.05, 0.1) is 12.8 Å². The molecule has 0 N–H and O–H groups in total. The number of halogens is 1. The van der Waals surface area contributed by atoms with Crippen molar-refractivity contribution >= 4 is 5.97 Å². The highest BCUT2D eigenvalue weighted by molar-refractivity contribution is 5.81. The van der Waals surface area contributed by atoms with Crippen LogP contribution in [0.15, 0.2) is 53.3 Å². The van der Waals surface area contributed by atoms with Crippen LogP contribution < -0.4 is 0 Å². The van der Waals surface area contributed by atoms with Gasteiger partial charge >= 0.3 is 5.97 Å². The standard InChI is InChI=1S/C19H17FN2O3/c1-19(2,18(23)24-3)16-9-6-13(10-21-16)15-11-25-17(22-15)12-4-7-14(20)8-5-12/h4-11H,1-3H3. The average molecular weight is 340 g/mol. The molecule has 0 spiro atoms. The molecular weight excluding hydrogens is 323 g/mol. The minimum absolute atomic E-state index is 0.316. The highest BCUT2D eigenvalue weighted by Gasteiger charge is 2.32. The largest absolute Gasteiger partial charge is 0.468 e. The Morgan fingerprint density at radius 3 is 2.40 bits per heavy atom. The van der Waals surface area contributed by atoms with Crippen molar-refractivity contribution in [2.45, 2.75) is 19.3 Å². The zero-order valence-electron chi connectivity index (χ0n) is 14.1. The van der Waals surface area contributed by atoms with Crippen LogP contribution in [0.5, 0.6) is 0 Å². The third-order valence-corrected chi connectivity index (χ3v) is 3.99. The fourth-order valence-corrected chi connectivity index (χ4v) is 2.41. The Bertz CT molecular complexity index is 884. The molecule has 0 radical (unpaired) electrons. The van der Waals surface area contributed by atoms with Crippen LogP contribution in [-0.4, -0.2) is 23.0 Å². The maximum atomic E-state index is 13.0. The van der Waals surface area contributed by atoms with Crippen LogP contribution in [0.25, 0.3) is 22.7 Å². The van der Waals surface area contributed by atoms with Crippen molar-refractivity contribution in [2.75, 3.05) is 7.11 Å². The highest BCUT2D eigenvalue weighted by atomic mass is 19.1. The number of hydrogen-bond donors (Lipinski definition) is 0. The maximum absolute atomic E-state index is 13.0. The number of esters is 1. The summed E-state index contributed by atoms with van der Waals surface area (Å²) in [6.07, 6.45) is 3.15. The van der Waals surface area contributed by atoms with E-state index in [1.807, 2.05) is 6.07 Å². The van der Waals surface area contributed by atoms with E-state index in [1.54, 1.807) is 38.2 Å². The SMILES string of the molecule is COC(=O)C(C)(C)c1ccc(-c2coc(-c3ccc(F)cc3)n2)cn1. The molecule has 0 aliphatic carbocycles. The lowest BCUT2D eigenvalue weighted by atomic mass is 9.88. The monoisotopic (exact) mass is 340 g/mol. The Labute approximate surface area is 144 Å². The maximum Gasteiger partial charge on any atom is 0.317 e. The summed E-state index contributed by atoms with van der Waals surface area (Å²) >= 11 is 0. The van der Waals surface area contributed by atoms with Gasteiger partial charge < -0.3 is 9.15 Å². The lowest BCUT2D eigenvalue weighted by Gasteiger charge is -2.20. The number of nitrogens with zero attached hydrogens (tertiary/aromatic N) is 2. The number of aromatic nitrogens is 2. The van der Waals surface area contributed by atoms with Gasteiger partial charge in [-0.05, 0) is 50.2 Å². The second-order valence-corrected chi connectivity index (χ2v) is 6.09. The van der Waals surface area contributed by atoms with E-state index in [2.05, 4.69) is 9.97 Å². The van der Waals surface area contributed by atoms with Gasteiger partial charge in [0.15, 0.2) is 0 Å². The van der Waals surface area contributed by atoms with Crippen molar-refractivity contribution in [3.8, 4) is 22.7 Å². The zero-order valence-corrected chi connectivity index (χ0v) is 14.1. The molecule has 3 rings (SSSR count). The third-order valence-electron chi connectivity index (χ3n) is 3.99. The van der Waals surface area contributed by atoms with Gasteiger partial charge in [-0.2, -0.15) is 0 Å². The van der Waals surface area contributed by atoms with E-state index >= 15 is 0 Å². The number of rotatable bonds is 4. The minimum atomic E-state index is -0.837. The van der Waals surface area contributed by atoms with Crippen molar-refractivity contribution in [3.05, 3.63) is 60.4 Å². The summed E-state index contributed by atoms with van der Waals surface area (Å²) in [5.74, 6) is -0.273. The molecule has 0 aliphatic heterocycles. The van der Waals surface area contributed by atoms with E-state index in [1.165, 1.54) is 25.5 Å². The van der Waals surface area contributed by atoms with E-state index in [9.17, 15) is 9.18 Å². The van der Waals surface area contributed by atoms with Gasteiger partial charge in [0.2, 0.25) is 5.89 Å². The number of oxazole rings is 1. The Morgan fingerprint density at radius 2 is 1.80 bits per heavy atom. The van der Waals surface area contributed by atoms with Crippen LogP contribution >= 0.6 is 0 Å². The van der Waals surface area contributed by atoms with Crippen molar-refractivity contribution in [1.82, 2.24) is 9.97 Å². The molecule has 1 aromatic carbocycles. The molecule has 2 aromatic heterocycles. The fourth-order valence-electron chi connectivity index (χ4n) is 2.41. The molecule has 0 saturated heterocycles. The molecule has 25 heavy (non-hydrogen) atoms. The first-order valence-corrected chi connectivity index (χ1v) is 7.68. The minimum Gasteiger partial charge on any atom is -0.468 e. The summed E-state index contributed by atoms with van der Waals surface area (Å²) in [5, 5.41) is 0. The quantitative estimate of drug-likeness (QED) is 0.672. The predicted molar refractivity (Wildman–Crippen MR) is 90.2 cm³/mol. The summed E-state index contributed by atoms with van der Waals surface area (Å²) in [7, 11) is 1.35. The molecule has 0 saturated carbocycles. The van der Waals surface area contributed by atoms with Gasteiger partial charge in [-0.25, -0.2) is 9.37 Å². The summed E-state index contributed by atoms with van der Waals surface area (Å²) in [6, 6.07) is 9.49. The molecule has 0 atom stereocenters. The molecule has 6 heteroatoms. The molecule has 0 unspecified atom stereocenters. The molecule has 128 valence electrons. The number of hydrogen-bond acceptors (Lipinski definition) is 5. The molecule has 0 fully saturated rings. The molecular formula is C19H17FN2O3. The summed E-state index contributed by atoms with van der Waals surface area (Å²) in [4.78, 5) is 20.6. The van der Waals surface area contributed by atoms with Crippen LogP contribution in [0.2, 0.25) is 0 Å². The van der Waals surface area contributed by atoms with Crippen LogP contribution in [0.3, 0.4) is 0 Å². The van der Waals surface area contributed by atoms with E-state index in [0.29, 0.717) is 22.8 Å². The lowest BCUT2D eigenvalue weighted by Crippen LogP contribution is -2.31. The Morgan fingerprint density at radius 1 is 1.12 bits per heavy atom. The third kappa shape index (κ3) is 3.28. The number of pyridine rings is 1. The first-order valence-electron chi connectivity index (χ1n) is 7.68. The van der Waals surface area contributed by atoms with Crippen molar-refractivity contribution in [1.29, 1.82) is 0 Å². The smallest absolute Gasteiger partial charge is 0.317 e. The Kier molecular flexibility index (Phi) is 4.35. The number of ether oxygens (including phenoxy) is 1. The first kappa shape index (κ1) is 16.8. The van der Waals surface area contributed by atoms with E-state index in [-0.39, 0.29) is 11.8 Å². The van der Waals surface area contributed by atoms with Gasteiger partial charge in [-0.1, -0.05) is 0 Å². The molecule has 5 nitrogen and oxygen atoms in total. The van der Waals surface area contributed by atoms with Crippen LogP contribution in [-0.2, 0) is 14.9 Å². The van der Waals surface area contributed by atoms with E-state index in [4.69, 9.17) is 9.15 Å². The average Bonchev–Trinajstić information content (AvgIpc) is 3.11. The zero-order chi connectivity index (χ0) is 18.0. The van der Waals surface area contributed by atoms with Gasteiger partial charge in [0.1, 0.15) is 23.2 Å². The van der Waals surface area contributed by atoms with Crippen molar-refractivity contribution < 1.29 is 18.3 Å². The first-order chi connectivity index (χ1) is 11.9. The van der Waals surface area contributed by atoms with Crippen molar-refractivity contribution in [2.24, 2.45) is 0 Å². The van der Waals surface area contributed by atoms with Gasteiger partial charge in [0, 0.05) is 17.3 Å². The van der Waals surface area contributed by atoms with E-state index < -0.39 is 5.41 Å². The van der Waals surface area contributed by atoms with Crippen molar-refractivity contribution in [3.63, 3.8) is 0 Å². The van der Waals surface area contributed by atoms with Gasteiger partial charge in [-0.3, -0.25) is 9.78 Å². The molecule has 2 heterocycles. The fraction of sp³-hybridized carbons (Fsp3) is 0.211. The molecule has 0 aliphatic rings. The van der Waals surface area contributed by atoms with Gasteiger partial charge in [0.25, 0.3) is 0 Å². The lowest BCUT2D eigenvalue weighted by molar-refractivity contribution is -0.146. The topological polar surface area (TPSA) is 65.2 Å². The van der Waals surface area contributed by atoms with Crippen LogP contribution in [0.4, 0.5) is 4.39 Å². The Balaban J connectivity index is 1.86. The number of carbonyl (C=O) groups is 1. The van der Waals surface area contributed by atoms with E-state index in [0.717, 1.165) is 5.56 Å². The van der Waals surface area contributed by atoms with Crippen LogP contribution in [0, 0.1) is 5.82 Å². The molecule has 0 amide bonds. The number of benzene rings is 1. The molecule has 3 aromatic rings. The highest BCUT2D eigenvalue weighted by Crippen LogP contribution is 2.27. The summed E-state index contributed by atoms with van der Waals surface area (Å²) in [6.45, 7) is 3.51. The predicted octanol–water partition coefficient (Wildman–Crippen LogP) is 3.99. The van der Waals surface area contributed by atoms with Crippen LogP contribution in [0.1, 0.15) is 19.5 Å². The second kappa shape index (κ2) is 6.47. The second-order valence-electron chi connectivity index (χ2n) is 6.09.